The number of carbonyl (C=O) groups is 1. The second kappa shape index (κ2) is 5.81. The summed E-state index contributed by atoms with van der Waals surface area (Å²) < 4.78 is 2.03. The van der Waals surface area contributed by atoms with Gasteiger partial charge in [-0.1, -0.05) is 12.2 Å². The lowest BCUT2D eigenvalue weighted by Crippen LogP contribution is -2.41. The number of aryl methyl sites for hydroxylation is 1. The highest BCUT2D eigenvalue weighted by Crippen LogP contribution is 2.25. The molecule has 1 aliphatic carbocycles. The lowest BCUT2D eigenvalue weighted by atomic mass is 10.0. The van der Waals surface area contributed by atoms with Gasteiger partial charge in [-0.25, -0.2) is 0 Å². The van der Waals surface area contributed by atoms with Crippen molar-refractivity contribution < 1.29 is 4.79 Å². The van der Waals surface area contributed by atoms with Crippen LogP contribution in [0.25, 0.3) is 0 Å². The Morgan fingerprint density at radius 2 is 2.35 bits per heavy atom. The van der Waals surface area contributed by atoms with Crippen LogP contribution < -0.4 is 0 Å². The van der Waals surface area contributed by atoms with Crippen LogP contribution >= 0.6 is 0 Å². The Balaban J connectivity index is 1.59. The molecule has 1 fully saturated rings. The van der Waals surface area contributed by atoms with Gasteiger partial charge in [0.05, 0.1) is 12.2 Å². The fraction of sp³-hybridized carbons (Fsp3) is 0.625. The summed E-state index contributed by atoms with van der Waals surface area (Å²) in [6, 6.07) is 0.348. The molecule has 0 radical (unpaired) electrons. The van der Waals surface area contributed by atoms with Gasteiger partial charge in [-0.3, -0.25) is 9.48 Å². The minimum atomic E-state index is 0.315. The van der Waals surface area contributed by atoms with Gasteiger partial charge in [-0.05, 0) is 44.1 Å². The lowest BCUT2D eigenvalue weighted by molar-refractivity contribution is -0.133. The largest absolute Gasteiger partial charge is 0.341 e. The molecule has 4 nitrogen and oxygen atoms in total. The van der Waals surface area contributed by atoms with Gasteiger partial charge in [-0.2, -0.15) is 5.10 Å². The van der Waals surface area contributed by atoms with Crippen LogP contribution in [0.4, 0.5) is 0 Å². The van der Waals surface area contributed by atoms with Crippen molar-refractivity contribution in [2.45, 2.75) is 45.1 Å². The van der Waals surface area contributed by atoms with Crippen molar-refractivity contribution in [2.24, 2.45) is 5.92 Å². The highest BCUT2D eigenvalue weighted by Gasteiger charge is 2.26. The number of rotatable bonds is 3. The van der Waals surface area contributed by atoms with Crippen LogP contribution in [-0.4, -0.2) is 33.7 Å². The number of amides is 1. The van der Waals surface area contributed by atoms with Crippen molar-refractivity contribution in [3.8, 4) is 0 Å². The van der Waals surface area contributed by atoms with Crippen molar-refractivity contribution in [1.82, 2.24) is 14.7 Å². The van der Waals surface area contributed by atoms with E-state index >= 15 is 0 Å². The second-order valence-corrected chi connectivity index (χ2v) is 6.10. The topological polar surface area (TPSA) is 38.1 Å². The summed E-state index contributed by atoms with van der Waals surface area (Å²) in [5.41, 5.74) is 1.18. The standard InChI is InChI=1S/C16H23N3O/c1-13-10-17-19(11-13)15-7-4-8-18(12-15)16(20)9-14-5-2-3-6-14/h2,5,10-11,14-15H,3-4,6-9,12H2,1H3/t14-,15+/m1/s1. The van der Waals surface area contributed by atoms with E-state index in [0.29, 0.717) is 24.3 Å². The van der Waals surface area contributed by atoms with Crippen molar-refractivity contribution in [3.05, 3.63) is 30.1 Å². The number of hydrogen-bond acceptors (Lipinski definition) is 2. The van der Waals surface area contributed by atoms with Crippen molar-refractivity contribution in [1.29, 1.82) is 0 Å². The summed E-state index contributed by atoms with van der Waals surface area (Å²) in [5, 5.41) is 4.40. The Morgan fingerprint density at radius 3 is 3.05 bits per heavy atom. The zero-order valence-corrected chi connectivity index (χ0v) is 12.2. The van der Waals surface area contributed by atoms with Gasteiger partial charge in [-0.15, -0.1) is 0 Å². The first-order valence-electron chi connectivity index (χ1n) is 7.67. The van der Waals surface area contributed by atoms with Gasteiger partial charge >= 0.3 is 0 Å². The molecule has 0 unspecified atom stereocenters. The third-order valence-corrected chi connectivity index (χ3v) is 4.40. The van der Waals surface area contributed by atoms with Crippen molar-refractivity contribution in [2.75, 3.05) is 13.1 Å². The molecule has 4 heteroatoms. The Morgan fingerprint density at radius 1 is 1.45 bits per heavy atom. The molecule has 20 heavy (non-hydrogen) atoms. The minimum Gasteiger partial charge on any atom is -0.341 e. The lowest BCUT2D eigenvalue weighted by Gasteiger charge is -2.33. The number of aromatic nitrogens is 2. The Kier molecular flexibility index (Phi) is 3.90. The molecule has 1 aliphatic heterocycles. The first-order chi connectivity index (χ1) is 9.72. The van der Waals surface area contributed by atoms with E-state index in [-0.39, 0.29) is 0 Å². The number of hydrogen-bond donors (Lipinski definition) is 0. The van der Waals surface area contributed by atoms with E-state index in [2.05, 4.69) is 30.4 Å². The van der Waals surface area contributed by atoms with Gasteiger partial charge in [0.2, 0.25) is 5.91 Å². The molecule has 0 bridgehead atoms. The smallest absolute Gasteiger partial charge is 0.223 e. The van der Waals surface area contributed by atoms with Crippen molar-refractivity contribution >= 4 is 5.91 Å². The first-order valence-corrected chi connectivity index (χ1v) is 7.67. The minimum absolute atomic E-state index is 0.315. The van der Waals surface area contributed by atoms with E-state index < -0.39 is 0 Å². The summed E-state index contributed by atoms with van der Waals surface area (Å²) in [7, 11) is 0. The van der Waals surface area contributed by atoms with Crippen LogP contribution in [0.2, 0.25) is 0 Å². The maximum Gasteiger partial charge on any atom is 0.223 e. The van der Waals surface area contributed by atoms with Gasteiger partial charge in [0.1, 0.15) is 0 Å². The van der Waals surface area contributed by atoms with Crippen LogP contribution in [0, 0.1) is 12.8 Å². The Bertz CT molecular complexity index is 506. The maximum atomic E-state index is 12.4. The average Bonchev–Trinajstić information content (AvgIpc) is 3.10. The van der Waals surface area contributed by atoms with Gasteiger partial charge in [0.25, 0.3) is 0 Å². The third-order valence-electron chi connectivity index (χ3n) is 4.40. The van der Waals surface area contributed by atoms with E-state index in [1.807, 2.05) is 15.8 Å². The molecule has 2 aliphatic rings. The third kappa shape index (κ3) is 2.94. The summed E-state index contributed by atoms with van der Waals surface area (Å²) in [5.74, 6) is 0.782. The Hall–Kier alpha value is -1.58. The number of carbonyl (C=O) groups excluding carboxylic acids is 1. The van der Waals surface area contributed by atoms with Crippen LogP contribution in [0.15, 0.2) is 24.5 Å². The summed E-state index contributed by atoms with van der Waals surface area (Å²) in [6.07, 6.45) is 13.5. The molecule has 3 rings (SSSR count). The molecular formula is C16H23N3O. The molecule has 1 aromatic rings. The van der Waals surface area contributed by atoms with Crippen LogP contribution in [0.1, 0.15) is 43.7 Å². The van der Waals surface area contributed by atoms with Crippen molar-refractivity contribution in [3.63, 3.8) is 0 Å². The predicted octanol–water partition coefficient (Wildman–Crippen LogP) is 2.71. The normalized spacial score (nSPS) is 26.1. The zero-order valence-electron chi connectivity index (χ0n) is 12.2. The Labute approximate surface area is 120 Å². The second-order valence-electron chi connectivity index (χ2n) is 6.10. The van der Waals surface area contributed by atoms with E-state index in [0.717, 1.165) is 38.8 Å². The number of piperidine rings is 1. The van der Waals surface area contributed by atoms with E-state index in [1.165, 1.54) is 5.56 Å². The summed E-state index contributed by atoms with van der Waals surface area (Å²) in [4.78, 5) is 14.4. The van der Waals surface area contributed by atoms with Crippen LogP contribution in [0.3, 0.4) is 0 Å². The molecule has 1 aromatic heterocycles. The van der Waals surface area contributed by atoms with Gasteiger partial charge < -0.3 is 4.90 Å². The molecule has 2 heterocycles. The maximum absolute atomic E-state index is 12.4. The summed E-state index contributed by atoms with van der Waals surface area (Å²) in [6.45, 7) is 3.78. The average molecular weight is 273 g/mol. The fourth-order valence-corrected chi connectivity index (χ4v) is 3.25. The molecule has 0 saturated carbocycles. The number of allylic oxidation sites excluding steroid dienone is 2. The van der Waals surface area contributed by atoms with Gasteiger partial charge in [0, 0.05) is 25.7 Å². The van der Waals surface area contributed by atoms with E-state index in [9.17, 15) is 4.79 Å². The number of nitrogens with zero attached hydrogens (tertiary/aromatic N) is 3. The fourth-order valence-electron chi connectivity index (χ4n) is 3.25. The van der Waals surface area contributed by atoms with Crippen LogP contribution in [0.5, 0.6) is 0 Å². The molecule has 0 N–H and O–H groups in total. The quantitative estimate of drug-likeness (QED) is 0.794. The highest BCUT2D eigenvalue weighted by molar-refractivity contribution is 5.76. The SMILES string of the molecule is Cc1cnn([C@H]2CCCN(C(=O)C[C@@H]3C=CCC3)C2)c1. The number of likely N-dealkylation sites (tertiary alicyclic amines) is 1. The monoisotopic (exact) mass is 273 g/mol. The van der Waals surface area contributed by atoms with E-state index in [1.54, 1.807) is 0 Å². The molecule has 0 aromatic carbocycles. The molecule has 2 atom stereocenters. The molecule has 0 spiro atoms. The zero-order chi connectivity index (χ0) is 13.9. The molecular weight excluding hydrogens is 250 g/mol. The molecule has 108 valence electrons. The summed E-state index contributed by atoms with van der Waals surface area (Å²) >= 11 is 0. The molecule has 1 amide bonds. The van der Waals surface area contributed by atoms with E-state index in [4.69, 9.17) is 0 Å². The van der Waals surface area contributed by atoms with Gasteiger partial charge in [0.15, 0.2) is 0 Å². The molecule has 1 saturated heterocycles. The predicted molar refractivity (Wildman–Crippen MR) is 78.3 cm³/mol. The highest BCUT2D eigenvalue weighted by atomic mass is 16.2. The first kappa shape index (κ1) is 13.4. The van der Waals surface area contributed by atoms with Crippen LogP contribution in [-0.2, 0) is 4.79 Å².